The molecule has 1 atom stereocenters. The van der Waals surface area contributed by atoms with Crippen LogP contribution in [0.15, 0.2) is 53.4 Å². The predicted octanol–water partition coefficient (Wildman–Crippen LogP) is 3.03. The number of amides is 1. The number of nitrogens with zero attached hydrogens (tertiary/aromatic N) is 1. The minimum absolute atomic E-state index is 0.189. The number of fused-ring (bicyclic) bond motifs is 1. The molecule has 1 aliphatic rings. The zero-order valence-corrected chi connectivity index (χ0v) is 17.0. The lowest BCUT2D eigenvalue weighted by Crippen LogP contribution is -2.55. The molecule has 1 N–H and O–H groups in total. The van der Waals surface area contributed by atoms with Gasteiger partial charge in [-0.1, -0.05) is 42.0 Å². The number of benzene rings is 2. The Morgan fingerprint density at radius 1 is 1.04 bits per heavy atom. The Bertz CT molecular complexity index is 944. The molecular weight excluding hydrogens is 360 g/mol. The van der Waals surface area contributed by atoms with E-state index in [-0.39, 0.29) is 17.3 Å². The molecule has 0 aromatic heterocycles. The number of aryl methyl sites for hydroxylation is 1. The molecule has 6 heteroatoms. The van der Waals surface area contributed by atoms with Gasteiger partial charge >= 0.3 is 0 Å². The second kappa shape index (κ2) is 7.09. The Kier molecular flexibility index (Phi) is 5.14. The number of hydrogen-bond donors (Lipinski definition) is 1. The lowest BCUT2D eigenvalue weighted by molar-refractivity contribution is -0.126. The highest BCUT2D eigenvalue weighted by atomic mass is 32.2. The van der Waals surface area contributed by atoms with Gasteiger partial charge in [0, 0.05) is 12.1 Å². The Hall–Kier alpha value is -2.18. The minimum Gasteiger partial charge on any atom is -0.350 e. The van der Waals surface area contributed by atoms with Crippen molar-refractivity contribution in [3.63, 3.8) is 0 Å². The number of carbonyl (C=O) groups excluding carboxylic acids is 1. The molecule has 0 fully saturated rings. The molecule has 5 nitrogen and oxygen atoms in total. The quantitative estimate of drug-likeness (QED) is 0.882. The molecule has 3 rings (SSSR count). The molecular formula is C21H26N2O3S. The molecule has 1 amide bonds. The maximum Gasteiger partial charge on any atom is 0.244 e. The summed E-state index contributed by atoms with van der Waals surface area (Å²) in [6.45, 7) is 7.77. The summed E-state index contributed by atoms with van der Waals surface area (Å²) in [6.07, 6.45) is 0.364. The summed E-state index contributed by atoms with van der Waals surface area (Å²) in [7, 11) is -3.80. The van der Waals surface area contributed by atoms with Gasteiger partial charge in [-0.3, -0.25) is 4.79 Å². The fourth-order valence-electron chi connectivity index (χ4n) is 3.27. The maximum atomic E-state index is 13.3. The highest BCUT2D eigenvalue weighted by Crippen LogP contribution is 2.29. The lowest BCUT2D eigenvalue weighted by Gasteiger charge is -2.36. The van der Waals surface area contributed by atoms with Crippen molar-refractivity contribution in [2.75, 3.05) is 0 Å². The van der Waals surface area contributed by atoms with E-state index in [0.29, 0.717) is 6.42 Å². The van der Waals surface area contributed by atoms with E-state index in [1.54, 1.807) is 24.3 Å². The monoisotopic (exact) mass is 386 g/mol. The molecule has 0 aliphatic carbocycles. The van der Waals surface area contributed by atoms with Crippen LogP contribution in [0.2, 0.25) is 0 Å². The maximum absolute atomic E-state index is 13.3. The number of nitrogens with one attached hydrogen (secondary N) is 1. The summed E-state index contributed by atoms with van der Waals surface area (Å²) >= 11 is 0. The van der Waals surface area contributed by atoms with Crippen LogP contribution in [0, 0.1) is 6.92 Å². The molecule has 0 saturated heterocycles. The number of sulfonamides is 1. The molecule has 1 aliphatic heterocycles. The molecule has 0 saturated carbocycles. The molecule has 0 radical (unpaired) electrons. The molecule has 0 bridgehead atoms. The van der Waals surface area contributed by atoms with Crippen molar-refractivity contribution < 1.29 is 13.2 Å². The summed E-state index contributed by atoms with van der Waals surface area (Å²) in [6, 6.07) is 13.7. The number of hydrogen-bond acceptors (Lipinski definition) is 3. The topological polar surface area (TPSA) is 66.5 Å². The third kappa shape index (κ3) is 4.22. The molecule has 27 heavy (non-hydrogen) atoms. The fourth-order valence-corrected chi connectivity index (χ4v) is 4.84. The third-order valence-corrected chi connectivity index (χ3v) is 6.50. The van der Waals surface area contributed by atoms with Crippen LogP contribution in [-0.4, -0.2) is 30.2 Å². The van der Waals surface area contributed by atoms with Gasteiger partial charge in [-0.25, -0.2) is 8.42 Å². The van der Waals surface area contributed by atoms with Crippen LogP contribution >= 0.6 is 0 Å². The normalized spacial score (nSPS) is 18.0. The van der Waals surface area contributed by atoms with Gasteiger partial charge in [0.15, 0.2) is 0 Å². The Morgan fingerprint density at radius 2 is 1.63 bits per heavy atom. The van der Waals surface area contributed by atoms with Crippen molar-refractivity contribution >= 4 is 15.9 Å². The first-order chi connectivity index (χ1) is 12.6. The summed E-state index contributed by atoms with van der Waals surface area (Å²) in [5.41, 5.74) is 2.50. The van der Waals surface area contributed by atoms with Crippen LogP contribution < -0.4 is 5.32 Å². The van der Waals surface area contributed by atoms with Gasteiger partial charge in [0.1, 0.15) is 6.04 Å². The van der Waals surface area contributed by atoms with Crippen molar-refractivity contribution in [1.82, 2.24) is 9.62 Å². The van der Waals surface area contributed by atoms with Gasteiger partial charge < -0.3 is 5.32 Å². The van der Waals surface area contributed by atoms with E-state index < -0.39 is 21.6 Å². The average molecular weight is 387 g/mol. The fraction of sp³-hybridized carbons (Fsp3) is 0.381. The van der Waals surface area contributed by atoms with E-state index in [0.717, 1.165) is 16.7 Å². The lowest BCUT2D eigenvalue weighted by atomic mass is 9.95. The Labute approximate surface area is 161 Å². The zero-order valence-electron chi connectivity index (χ0n) is 16.2. The van der Waals surface area contributed by atoms with Gasteiger partial charge in [-0.05, 0) is 57.4 Å². The van der Waals surface area contributed by atoms with Crippen molar-refractivity contribution in [3.05, 3.63) is 65.2 Å². The standard InChI is InChI=1S/C21H26N2O3S/c1-15-9-11-18(12-10-15)27(25,26)23-14-17-8-6-5-7-16(17)13-19(23)20(24)22-21(2,3)4/h5-12,19H,13-14H2,1-4H3,(H,22,24)/t19-/m1/s1. The summed E-state index contributed by atoms with van der Waals surface area (Å²) in [5.74, 6) is -0.271. The minimum atomic E-state index is -3.80. The highest BCUT2D eigenvalue weighted by Gasteiger charge is 2.40. The van der Waals surface area contributed by atoms with Gasteiger partial charge in [0.2, 0.25) is 15.9 Å². The van der Waals surface area contributed by atoms with Gasteiger partial charge in [0.25, 0.3) is 0 Å². The molecule has 0 spiro atoms. The van der Waals surface area contributed by atoms with Gasteiger partial charge in [-0.2, -0.15) is 4.31 Å². The van der Waals surface area contributed by atoms with E-state index in [1.807, 2.05) is 52.0 Å². The van der Waals surface area contributed by atoms with Crippen LogP contribution in [0.25, 0.3) is 0 Å². The summed E-state index contributed by atoms with van der Waals surface area (Å²) in [4.78, 5) is 13.2. The van der Waals surface area contributed by atoms with Crippen LogP contribution in [0.1, 0.15) is 37.5 Å². The van der Waals surface area contributed by atoms with Crippen LogP contribution in [0.4, 0.5) is 0 Å². The van der Waals surface area contributed by atoms with E-state index in [4.69, 9.17) is 0 Å². The summed E-state index contributed by atoms with van der Waals surface area (Å²) < 4.78 is 28.0. The van der Waals surface area contributed by atoms with Crippen molar-refractivity contribution in [2.45, 2.75) is 57.1 Å². The van der Waals surface area contributed by atoms with Crippen LogP contribution in [0.3, 0.4) is 0 Å². The van der Waals surface area contributed by atoms with E-state index in [1.165, 1.54) is 4.31 Å². The zero-order chi connectivity index (χ0) is 19.8. The third-order valence-electron chi connectivity index (χ3n) is 4.63. The largest absolute Gasteiger partial charge is 0.350 e. The second-order valence-electron chi connectivity index (χ2n) is 8.09. The first kappa shape index (κ1) is 19.6. The predicted molar refractivity (Wildman–Crippen MR) is 106 cm³/mol. The van der Waals surface area contributed by atoms with Crippen LogP contribution in [-0.2, 0) is 27.8 Å². The molecule has 144 valence electrons. The van der Waals surface area contributed by atoms with Crippen molar-refractivity contribution in [1.29, 1.82) is 0 Å². The van der Waals surface area contributed by atoms with Gasteiger partial charge in [-0.15, -0.1) is 0 Å². The molecule has 2 aromatic rings. The SMILES string of the molecule is Cc1ccc(S(=O)(=O)N2Cc3ccccc3C[C@@H]2C(=O)NC(C)(C)C)cc1. The number of rotatable bonds is 3. The molecule has 2 aromatic carbocycles. The van der Waals surface area contributed by atoms with Crippen molar-refractivity contribution in [2.24, 2.45) is 0 Å². The van der Waals surface area contributed by atoms with E-state index >= 15 is 0 Å². The molecule has 1 heterocycles. The Balaban J connectivity index is 2.03. The number of carbonyl (C=O) groups is 1. The van der Waals surface area contributed by atoms with E-state index in [2.05, 4.69) is 5.32 Å². The van der Waals surface area contributed by atoms with Gasteiger partial charge in [0.05, 0.1) is 4.90 Å². The first-order valence-electron chi connectivity index (χ1n) is 9.05. The second-order valence-corrected chi connectivity index (χ2v) is 9.98. The molecule has 0 unspecified atom stereocenters. The van der Waals surface area contributed by atoms with Crippen molar-refractivity contribution in [3.8, 4) is 0 Å². The smallest absolute Gasteiger partial charge is 0.244 e. The first-order valence-corrected chi connectivity index (χ1v) is 10.5. The summed E-state index contributed by atoms with van der Waals surface area (Å²) in [5, 5.41) is 2.94. The average Bonchev–Trinajstić information content (AvgIpc) is 2.59. The van der Waals surface area contributed by atoms with Crippen LogP contribution in [0.5, 0.6) is 0 Å². The van der Waals surface area contributed by atoms with E-state index in [9.17, 15) is 13.2 Å². The Morgan fingerprint density at radius 3 is 2.22 bits per heavy atom. The highest BCUT2D eigenvalue weighted by molar-refractivity contribution is 7.89.